The van der Waals surface area contributed by atoms with E-state index in [0.29, 0.717) is 6.54 Å². The largest absolute Gasteiger partial charge is 0.354 e. The second-order valence-electron chi connectivity index (χ2n) is 6.31. The highest BCUT2D eigenvalue weighted by molar-refractivity contribution is 7.09. The van der Waals surface area contributed by atoms with E-state index >= 15 is 0 Å². The third-order valence-electron chi connectivity index (χ3n) is 4.64. The van der Waals surface area contributed by atoms with Crippen LogP contribution in [-0.2, 0) is 16.8 Å². The van der Waals surface area contributed by atoms with Crippen LogP contribution in [0.2, 0.25) is 0 Å². The van der Waals surface area contributed by atoms with Crippen molar-refractivity contribution >= 4 is 17.2 Å². The van der Waals surface area contributed by atoms with Crippen molar-refractivity contribution < 1.29 is 4.79 Å². The van der Waals surface area contributed by atoms with Crippen LogP contribution < -0.4 is 5.32 Å². The molecule has 1 saturated carbocycles. The number of hydrogen-bond acceptors (Lipinski definition) is 3. The summed E-state index contributed by atoms with van der Waals surface area (Å²) in [6.07, 6.45) is 2.34. The highest BCUT2D eigenvalue weighted by Crippen LogP contribution is 2.47. The molecule has 2 aromatic rings. The van der Waals surface area contributed by atoms with E-state index < -0.39 is 0 Å². The first kappa shape index (κ1) is 16.2. The Bertz CT molecular complexity index is 620. The van der Waals surface area contributed by atoms with Gasteiger partial charge in [-0.2, -0.15) is 0 Å². The number of rotatable bonds is 8. The molecule has 1 aliphatic rings. The average molecular weight is 328 g/mol. The summed E-state index contributed by atoms with van der Waals surface area (Å²) in [6.45, 7) is 5.07. The van der Waals surface area contributed by atoms with E-state index in [0.717, 1.165) is 19.6 Å². The molecule has 3 nitrogen and oxygen atoms in total. The van der Waals surface area contributed by atoms with Crippen LogP contribution >= 0.6 is 11.3 Å². The summed E-state index contributed by atoms with van der Waals surface area (Å²) in [5.74, 6) is 0.130. The minimum Gasteiger partial charge on any atom is -0.354 e. The van der Waals surface area contributed by atoms with Gasteiger partial charge in [0, 0.05) is 23.4 Å². The summed E-state index contributed by atoms with van der Waals surface area (Å²) < 4.78 is 0. The standard InChI is InChI=1S/C19H24N2OS/c1-2-21(13-17-9-6-12-23-17)14-18(22)20-15-19(10-11-19)16-7-4-3-5-8-16/h3-9,12H,2,10-11,13-15H2,1H3,(H,20,22). The zero-order chi connectivity index (χ0) is 16.1. The van der Waals surface area contributed by atoms with E-state index in [9.17, 15) is 4.79 Å². The van der Waals surface area contributed by atoms with Gasteiger partial charge < -0.3 is 5.32 Å². The first-order valence-electron chi connectivity index (χ1n) is 8.29. The summed E-state index contributed by atoms with van der Waals surface area (Å²) >= 11 is 1.75. The van der Waals surface area contributed by atoms with Gasteiger partial charge >= 0.3 is 0 Å². The van der Waals surface area contributed by atoms with Crippen LogP contribution in [0.25, 0.3) is 0 Å². The van der Waals surface area contributed by atoms with Gasteiger partial charge in [0.15, 0.2) is 0 Å². The lowest BCUT2D eigenvalue weighted by atomic mass is 9.96. The molecule has 0 bridgehead atoms. The van der Waals surface area contributed by atoms with Gasteiger partial charge in [0.1, 0.15) is 0 Å². The third kappa shape index (κ3) is 4.21. The molecular weight excluding hydrogens is 304 g/mol. The molecule has 3 rings (SSSR count). The van der Waals surface area contributed by atoms with Crippen molar-refractivity contribution in [3.05, 3.63) is 58.3 Å². The average Bonchev–Trinajstić information content (AvgIpc) is 3.21. The minimum absolute atomic E-state index is 0.130. The Kier molecular flexibility index (Phi) is 5.13. The maximum atomic E-state index is 12.3. The van der Waals surface area contributed by atoms with E-state index in [1.165, 1.54) is 23.3 Å². The molecule has 1 fully saturated rings. The van der Waals surface area contributed by atoms with Crippen molar-refractivity contribution in [2.75, 3.05) is 19.6 Å². The summed E-state index contributed by atoms with van der Waals surface area (Å²) in [5, 5.41) is 5.23. The molecule has 0 radical (unpaired) electrons. The Morgan fingerprint density at radius 2 is 2.00 bits per heavy atom. The smallest absolute Gasteiger partial charge is 0.234 e. The minimum atomic E-state index is 0.130. The van der Waals surface area contributed by atoms with E-state index in [2.05, 4.69) is 58.9 Å². The summed E-state index contributed by atoms with van der Waals surface area (Å²) in [7, 11) is 0. The predicted octanol–water partition coefficient (Wildman–Crippen LogP) is 3.42. The normalized spacial score (nSPS) is 15.6. The molecule has 0 saturated heterocycles. The van der Waals surface area contributed by atoms with Gasteiger partial charge in [0.2, 0.25) is 5.91 Å². The van der Waals surface area contributed by atoms with Gasteiger partial charge in [-0.1, -0.05) is 43.3 Å². The number of carbonyl (C=O) groups is 1. The Balaban J connectivity index is 1.49. The molecule has 23 heavy (non-hydrogen) atoms. The summed E-state index contributed by atoms with van der Waals surface area (Å²) in [6, 6.07) is 14.7. The van der Waals surface area contributed by atoms with Crippen LogP contribution in [0.4, 0.5) is 0 Å². The Morgan fingerprint density at radius 3 is 2.61 bits per heavy atom. The number of thiophene rings is 1. The second kappa shape index (κ2) is 7.28. The number of nitrogens with zero attached hydrogens (tertiary/aromatic N) is 1. The maximum Gasteiger partial charge on any atom is 0.234 e. The maximum absolute atomic E-state index is 12.3. The van der Waals surface area contributed by atoms with E-state index in [4.69, 9.17) is 0 Å². The molecule has 0 atom stereocenters. The zero-order valence-electron chi connectivity index (χ0n) is 13.6. The lowest BCUT2D eigenvalue weighted by molar-refractivity contribution is -0.122. The highest BCUT2D eigenvalue weighted by atomic mass is 32.1. The van der Waals surface area contributed by atoms with Crippen LogP contribution in [0, 0.1) is 0 Å². The topological polar surface area (TPSA) is 32.3 Å². The molecule has 1 N–H and O–H groups in total. The summed E-state index contributed by atoms with van der Waals surface area (Å²) in [5.41, 5.74) is 1.54. The Hall–Kier alpha value is -1.65. The number of nitrogens with one attached hydrogen (secondary N) is 1. The number of carbonyl (C=O) groups excluding carboxylic acids is 1. The van der Waals surface area contributed by atoms with Crippen LogP contribution in [0.3, 0.4) is 0 Å². The molecule has 0 unspecified atom stereocenters. The molecular formula is C19H24N2OS. The van der Waals surface area contributed by atoms with Crippen molar-refractivity contribution in [3.63, 3.8) is 0 Å². The molecule has 1 aliphatic carbocycles. The van der Waals surface area contributed by atoms with Crippen LogP contribution in [-0.4, -0.2) is 30.4 Å². The van der Waals surface area contributed by atoms with Gasteiger partial charge in [-0.15, -0.1) is 11.3 Å². The molecule has 0 spiro atoms. The summed E-state index contributed by atoms with van der Waals surface area (Å²) in [4.78, 5) is 15.8. The molecule has 122 valence electrons. The first-order chi connectivity index (χ1) is 11.2. The number of amides is 1. The Labute approximate surface area is 142 Å². The quantitative estimate of drug-likeness (QED) is 0.805. The lowest BCUT2D eigenvalue weighted by Gasteiger charge is -2.21. The van der Waals surface area contributed by atoms with Crippen LogP contribution in [0.15, 0.2) is 47.8 Å². The fourth-order valence-corrected chi connectivity index (χ4v) is 3.69. The van der Waals surface area contributed by atoms with Gasteiger partial charge in [0.25, 0.3) is 0 Å². The lowest BCUT2D eigenvalue weighted by Crippen LogP contribution is -2.40. The molecule has 0 aliphatic heterocycles. The van der Waals surface area contributed by atoms with Gasteiger partial charge in [0.05, 0.1) is 6.54 Å². The molecule has 4 heteroatoms. The van der Waals surface area contributed by atoms with Crippen molar-refractivity contribution in [2.24, 2.45) is 0 Å². The van der Waals surface area contributed by atoms with Gasteiger partial charge in [-0.25, -0.2) is 0 Å². The van der Waals surface area contributed by atoms with Crippen molar-refractivity contribution in [3.8, 4) is 0 Å². The molecule has 1 heterocycles. The van der Waals surface area contributed by atoms with Crippen molar-refractivity contribution in [1.29, 1.82) is 0 Å². The Morgan fingerprint density at radius 1 is 1.22 bits per heavy atom. The predicted molar refractivity (Wildman–Crippen MR) is 95.6 cm³/mol. The first-order valence-corrected chi connectivity index (χ1v) is 9.17. The molecule has 1 amide bonds. The SMILES string of the molecule is CCN(CC(=O)NCC1(c2ccccc2)CC1)Cc1cccs1. The van der Waals surface area contributed by atoms with E-state index in [1.54, 1.807) is 11.3 Å². The number of benzene rings is 1. The molecule has 1 aromatic carbocycles. The monoisotopic (exact) mass is 328 g/mol. The number of likely N-dealkylation sites (N-methyl/N-ethyl adjacent to an activating group) is 1. The van der Waals surface area contributed by atoms with Crippen molar-refractivity contribution in [1.82, 2.24) is 10.2 Å². The third-order valence-corrected chi connectivity index (χ3v) is 5.50. The zero-order valence-corrected chi connectivity index (χ0v) is 14.4. The van der Waals surface area contributed by atoms with Crippen LogP contribution in [0.1, 0.15) is 30.2 Å². The van der Waals surface area contributed by atoms with E-state index in [-0.39, 0.29) is 11.3 Å². The fraction of sp³-hybridized carbons (Fsp3) is 0.421. The van der Waals surface area contributed by atoms with E-state index in [1.807, 2.05) is 6.07 Å². The van der Waals surface area contributed by atoms with Crippen LogP contribution in [0.5, 0.6) is 0 Å². The highest BCUT2D eigenvalue weighted by Gasteiger charge is 2.44. The number of hydrogen-bond donors (Lipinski definition) is 1. The molecule has 1 aromatic heterocycles. The van der Waals surface area contributed by atoms with Crippen molar-refractivity contribution in [2.45, 2.75) is 31.7 Å². The van der Waals surface area contributed by atoms with Gasteiger partial charge in [-0.05, 0) is 36.4 Å². The van der Waals surface area contributed by atoms with Gasteiger partial charge in [-0.3, -0.25) is 9.69 Å². The fourth-order valence-electron chi connectivity index (χ4n) is 2.94. The second-order valence-corrected chi connectivity index (χ2v) is 7.34.